The summed E-state index contributed by atoms with van der Waals surface area (Å²) < 4.78 is 11.8. The fourth-order valence-electron chi connectivity index (χ4n) is 1.94. The third-order valence-corrected chi connectivity index (χ3v) is 3.14. The summed E-state index contributed by atoms with van der Waals surface area (Å²) in [6, 6.07) is -1.12. The number of rotatable bonds is 12. The first kappa shape index (κ1) is 17.8. The van der Waals surface area contributed by atoms with Crippen LogP contribution in [0.25, 0.3) is 0 Å². The lowest BCUT2D eigenvalue weighted by atomic mass is 9.94. The van der Waals surface area contributed by atoms with E-state index >= 15 is 0 Å². The van der Waals surface area contributed by atoms with Crippen molar-refractivity contribution >= 4 is 11.9 Å². The highest BCUT2D eigenvalue weighted by Gasteiger charge is 2.23. The van der Waals surface area contributed by atoms with Crippen molar-refractivity contribution in [1.82, 2.24) is 0 Å². The average Bonchev–Trinajstić information content (AvgIpc) is 2.35. The molecule has 2 atom stereocenters. The quantitative estimate of drug-likeness (QED) is 0.475. The van der Waals surface area contributed by atoms with Crippen molar-refractivity contribution in [3.05, 3.63) is 0 Å². The van der Waals surface area contributed by atoms with Gasteiger partial charge in [-0.3, -0.25) is 14.0 Å². The monoisotopic (exact) mass is 277 g/mol. The summed E-state index contributed by atoms with van der Waals surface area (Å²) in [4.78, 5) is 21.6. The van der Waals surface area contributed by atoms with Gasteiger partial charge in [0.2, 0.25) is 0 Å². The summed E-state index contributed by atoms with van der Waals surface area (Å²) in [7, 11) is 0. The average molecular weight is 277 g/mol. The number of carbonyl (C=O) groups is 2. The van der Waals surface area contributed by atoms with E-state index in [1.807, 2.05) is 0 Å². The predicted molar refractivity (Wildman–Crippen MR) is 69.6 cm³/mol. The fraction of sp³-hybridized carbons (Fsp3) is 0.846. The molecule has 1 unspecified atom stereocenters. The molecule has 0 heterocycles. The second-order valence-corrected chi connectivity index (χ2v) is 4.81. The van der Waals surface area contributed by atoms with Gasteiger partial charge in [0.25, 0.3) is 0 Å². The van der Waals surface area contributed by atoms with E-state index in [9.17, 15) is 14.0 Å². The van der Waals surface area contributed by atoms with Gasteiger partial charge in [0, 0.05) is 0 Å². The first-order chi connectivity index (χ1) is 8.99. The lowest BCUT2D eigenvalue weighted by Gasteiger charge is -2.14. The van der Waals surface area contributed by atoms with Crippen LogP contribution in [0.5, 0.6) is 0 Å². The minimum Gasteiger partial charge on any atom is -0.481 e. The number of unbranched alkanes of at least 4 members (excludes halogenated alkanes) is 5. The van der Waals surface area contributed by atoms with E-state index in [1.54, 1.807) is 0 Å². The van der Waals surface area contributed by atoms with Crippen LogP contribution in [0.2, 0.25) is 0 Å². The van der Waals surface area contributed by atoms with Gasteiger partial charge in [-0.25, -0.2) is 0 Å². The summed E-state index contributed by atoms with van der Waals surface area (Å²) in [5.41, 5.74) is 5.34. The molecular formula is C13H24FNO4. The molecule has 0 bridgehead atoms. The Bertz CT molecular complexity index is 273. The molecule has 0 aliphatic rings. The van der Waals surface area contributed by atoms with Gasteiger partial charge in [0.1, 0.15) is 6.04 Å². The van der Waals surface area contributed by atoms with Crippen molar-refractivity contribution in [3.63, 3.8) is 0 Å². The molecule has 0 saturated carbocycles. The third-order valence-electron chi connectivity index (χ3n) is 3.14. The number of carboxylic acids is 2. The third kappa shape index (κ3) is 9.41. The number of hydrogen-bond donors (Lipinski definition) is 3. The fourth-order valence-corrected chi connectivity index (χ4v) is 1.94. The number of carboxylic acid groups (broad SMARTS) is 2. The molecule has 0 aliphatic heterocycles. The van der Waals surface area contributed by atoms with E-state index in [4.69, 9.17) is 15.9 Å². The maximum Gasteiger partial charge on any atom is 0.320 e. The Labute approximate surface area is 113 Å². The number of hydrogen-bond acceptors (Lipinski definition) is 3. The Morgan fingerprint density at radius 2 is 1.47 bits per heavy atom. The SMILES string of the molecule is N[C@@H](CC(CCCCCCCCF)C(=O)O)C(=O)O. The molecule has 0 aromatic heterocycles. The maximum absolute atomic E-state index is 11.8. The van der Waals surface area contributed by atoms with Gasteiger partial charge in [-0.1, -0.05) is 32.1 Å². The van der Waals surface area contributed by atoms with Crippen LogP contribution in [0.15, 0.2) is 0 Å². The van der Waals surface area contributed by atoms with E-state index < -0.39 is 23.9 Å². The molecule has 0 aromatic carbocycles. The minimum atomic E-state index is -1.17. The van der Waals surface area contributed by atoms with Crippen molar-refractivity contribution in [2.24, 2.45) is 11.7 Å². The number of halogens is 1. The summed E-state index contributed by atoms with van der Waals surface area (Å²) in [6.07, 6.45) is 5.39. The zero-order chi connectivity index (χ0) is 14.7. The molecule has 0 radical (unpaired) electrons. The highest BCUT2D eigenvalue weighted by atomic mass is 19.1. The maximum atomic E-state index is 11.8. The van der Waals surface area contributed by atoms with Crippen molar-refractivity contribution in [1.29, 1.82) is 0 Å². The predicted octanol–water partition coefficient (Wildman–Crippen LogP) is 2.19. The van der Waals surface area contributed by atoms with Gasteiger partial charge in [0.05, 0.1) is 12.6 Å². The van der Waals surface area contributed by atoms with Gasteiger partial charge >= 0.3 is 11.9 Å². The zero-order valence-corrected chi connectivity index (χ0v) is 11.2. The Hall–Kier alpha value is -1.17. The smallest absolute Gasteiger partial charge is 0.320 e. The van der Waals surface area contributed by atoms with Crippen LogP contribution in [0.1, 0.15) is 51.4 Å². The standard InChI is InChI=1S/C13H24FNO4/c14-8-6-4-2-1-3-5-7-10(12(16)17)9-11(15)13(18)19/h10-11H,1-9,15H2,(H,16,17)(H,18,19)/t10?,11-/m0/s1. The number of alkyl halides is 1. The van der Waals surface area contributed by atoms with Crippen LogP contribution < -0.4 is 5.73 Å². The van der Waals surface area contributed by atoms with Gasteiger partial charge in [-0.2, -0.15) is 0 Å². The molecular weight excluding hydrogens is 253 g/mol. The molecule has 0 saturated heterocycles. The molecule has 5 nitrogen and oxygen atoms in total. The van der Waals surface area contributed by atoms with E-state index in [-0.39, 0.29) is 13.1 Å². The first-order valence-corrected chi connectivity index (χ1v) is 6.76. The Kier molecular flexibility index (Phi) is 10.1. The van der Waals surface area contributed by atoms with E-state index in [1.165, 1.54) is 0 Å². The van der Waals surface area contributed by atoms with Crippen LogP contribution >= 0.6 is 0 Å². The topological polar surface area (TPSA) is 101 Å². The molecule has 6 heteroatoms. The Morgan fingerprint density at radius 1 is 0.947 bits per heavy atom. The molecule has 0 rings (SSSR count). The van der Waals surface area contributed by atoms with Crippen molar-refractivity contribution < 1.29 is 24.2 Å². The second kappa shape index (κ2) is 10.7. The van der Waals surface area contributed by atoms with Crippen LogP contribution in [0.3, 0.4) is 0 Å². The van der Waals surface area contributed by atoms with E-state index in [0.29, 0.717) is 12.8 Å². The molecule has 112 valence electrons. The number of aliphatic carboxylic acids is 2. The Morgan fingerprint density at radius 3 is 1.95 bits per heavy atom. The van der Waals surface area contributed by atoms with Crippen molar-refractivity contribution in [2.75, 3.05) is 6.67 Å². The lowest BCUT2D eigenvalue weighted by Crippen LogP contribution is -2.34. The number of nitrogens with two attached hydrogens (primary N) is 1. The summed E-state index contributed by atoms with van der Waals surface area (Å²) in [5.74, 6) is -2.86. The van der Waals surface area contributed by atoms with Gasteiger partial charge in [-0.15, -0.1) is 0 Å². The summed E-state index contributed by atoms with van der Waals surface area (Å²) in [6.45, 7) is -0.284. The highest BCUT2D eigenvalue weighted by Crippen LogP contribution is 2.17. The summed E-state index contributed by atoms with van der Waals surface area (Å²) in [5, 5.41) is 17.6. The normalized spacial score (nSPS) is 14.0. The second-order valence-electron chi connectivity index (χ2n) is 4.81. The van der Waals surface area contributed by atoms with Crippen molar-refractivity contribution in [3.8, 4) is 0 Å². The van der Waals surface area contributed by atoms with Gasteiger partial charge < -0.3 is 15.9 Å². The van der Waals surface area contributed by atoms with Gasteiger partial charge in [0.15, 0.2) is 0 Å². The summed E-state index contributed by atoms with van der Waals surface area (Å²) >= 11 is 0. The van der Waals surface area contributed by atoms with E-state index in [2.05, 4.69) is 0 Å². The zero-order valence-electron chi connectivity index (χ0n) is 11.2. The lowest BCUT2D eigenvalue weighted by molar-refractivity contribution is -0.143. The molecule has 0 aliphatic carbocycles. The molecule has 0 fully saturated rings. The van der Waals surface area contributed by atoms with Crippen molar-refractivity contribution in [2.45, 2.75) is 57.4 Å². The highest BCUT2D eigenvalue weighted by molar-refractivity contribution is 5.75. The molecule has 0 aromatic rings. The minimum absolute atomic E-state index is 0.0352. The van der Waals surface area contributed by atoms with Crippen LogP contribution in [0, 0.1) is 5.92 Å². The molecule has 0 amide bonds. The molecule has 4 N–H and O–H groups in total. The first-order valence-electron chi connectivity index (χ1n) is 6.76. The van der Waals surface area contributed by atoms with Crippen LogP contribution in [-0.4, -0.2) is 34.9 Å². The molecule has 19 heavy (non-hydrogen) atoms. The molecule has 0 spiro atoms. The van der Waals surface area contributed by atoms with Gasteiger partial charge in [-0.05, 0) is 19.3 Å². The van der Waals surface area contributed by atoms with Crippen LogP contribution in [0.4, 0.5) is 4.39 Å². The Balaban J connectivity index is 3.77. The van der Waals surface area contributed by atoms with Crippen LogP contribution in [-0.2, 0) is 9.59 Å². The van der Waals surface area contributed by atoms with E-state index in [0.717, 1.165) is 32.1 Å². The largest absolute Gasteiger partial charge is 0.481 e.